The molecule has 4 rings (SSSR count). The molecule has 0 amide bonds. The van der Waals surface area contributed by atoms with Crippen LogP contribution in [0.25, 0.3) is 0 Å². The Kier molecular flexibility index (Phi) is 2.61. The Hall–Kier alpha value is -1.18. The van der Waals surface area contributed by atoms with E-state index in [0.29, 0.717) is 29.8 Å². The lowest BCUT2D eigenvalue weighted by Crippen LogP contribution is -2.40. The number of hydrogen-bond donors (Lipinski definition) is 0. The summed E-state index contributed by atoms with van der Waals surface area (Å²) in [4.78, 5) is 23.9. The Balaban J connectivity index is 1.76. The average molecular weight is 270 g/mol. The lowest BCUT2D eigenvalue weighted by Gasteiger charge is -2.46. The van der Waals surface area contributed by atoms with Crippen molar-refractivity contribution in [2.75, 3.05) is 0 Å². The molecule has 0 spiro atoms. The maximum Gasteiger partial charge on any atom is 0.156 e. The van der Waals surface area contributed by atoms with Crippen molar-refractivity contribution in [1.29, 1.82) is 0 Å². The molecule has 0 saturated heterocycles. The molecule has 4 aliphatic rings. The van der Waals surface area contributed by atoms with Crippen LogP contribution in [0.5, 0.6) is 0 Å². The second-order valence-corrected chi connectivity index (χ2v) is 7.27. The van der Waals surface area contributed by atoms with Crippen molar-refractivity contribution in [3.63, 3.8) is 0 Å². The van der Waals surface area contributed by atoms with Crippen molar-refractivity contribution in [1.82, 2.24) is 0 Å². The van der Waals surface area contributed by atoms with Gasteiger partial charge in [0.1, 0.15) is 5.78 Å². The minimum atomic E-state index is -0.0412. The summed E-state index contributed by atoms with van der Waals surface area (Å²) in [5.74, 6) is 2.01. The van der Waals surface area contributed by atoms with Crippen LogP contribution >= 0.6 is 0 Å². The van der Waals surface area contributed by atoms with Gasteiger partial charge in [0.2, 0.25) is 0 Å². The highest BCUT2D eigenvalue weighted by Gasteiger charge is 2.53. The van der Waals surface area contributed by atoms with Gasteiger partial charge in [0.05, 0.1) is 0 Å². The monoisotopic (exact) mass is 270 g/mol. The summed E-state index contributed by atoms with van der Waals surface area (Å²) in [5.41, 5.74) is 4.40. The van der Waals surface area contributed by atoms with E-state index in [9.17, 15) is 9.59 Å². The second kappa shape index (κ2) is 4.16. The molecule has 2 heteroatoms. The van der Waals surface area contributed by atoms with E-state index in [-0.39, 0.29) is 5.41 Å². The molecule has 2 fully saturated rings. The normalized spacial score (nSPS) is 40.1. The van der Waals surface area contributed by atoms with E-state index in [4.69, 9.17) is 0 Å². The molecule has 0 bridgehead atoms. The van der Waals surface area contributed by atoms with Crippen LogP contribution in [0.4, 0.5) is 0 Å². The number of carbonyl (C=O) groups is 2. The topological polar surface area (TPSA) is 34.1 Å². The number of hydrogen-bond acceptors (Lipinski definition) is 2. The standard InChI is InChI=1S/C18H22O2/c1-18-9-8-14-13-5-3-12(19)10-11(13)2-4-15(14)16(18)6-7-17(18)20/h10,15-16H,2-9H2,1H3. The van der Waals surface area contributed by atoms with Crippen molar-refractivity contribution in [3.05, 3.63) is 22.8 Å². The van der Waals surface area contributed by atoms with Gasteiger partial charge in [0, 0.05) is 18.3 Å². The van der Waals surface area contributed by atoms with E-state index in [1.165, 1.54) is 11.1 Å². The molecule has 0 aliphatic heterocycles. The predicted molar refractivity (Wildman–Crippen MR) is 77.1 cm³/mol. The van der Waals surface area contributed by atoms with Crippen LogP contribution in [0.1, 0.15) is 58.3 Å². The number of rotatable bonds is 0. The first-order valence-electron chi connectivity index (χ1n) is 8.08. The molecule has 20 heavy (non-hydrogen) atoms. The highest BCUT2D eigenvalue weighted by Crippen LogP contribution is 2.58. The van der Waals surface area contributed by atoms with Gasteiger partial charge in [-0.3, -0.25) is 9.59 Å². The molecule has 2 saturated carbocycles. The lowest BCUT2D eigenvalue weighted by atomic mass is 9.57. The maximum absolute atomic E-state index is 12.3. The van der Waals surface area contributed by atoms with Crippen molar-refractivity contribution in [2.45, 2.75) is 58.3 Å². The van der Waals surface area contributed by atoms with Gasteiger partial charge in [-0.2, -0.15) is 0 Å². The molecule has 0 aromatic rings. The van der Waals surface area contributed by atoms with Gasteiger partial charge in [0.25, 0.3) is 0 Å². The van der Waals surface area contributed by atoms with Crippen LogP contribution in [-0.4, -0.2) is 11.6 Å². The summed E-state index contributed by atoms with van der Waals surface area (Å²) in [5, 5.41) is 0. The first kappa shape index (κ1) is 12.6. The van der Waals surface area contributed by atoms with E-state index in [0.717, 1.165) is 44.9 Å². The molecule has 0 N–H and O–H groups in total. The molecule has 3 atom stereocenters. The number of Topliss-reactive ketones (excluding diaryl/α,β-unsaturated/α-hetero) is 1. The summed E-state index contributed by atoms with van der Waals surface area (Å²) < 4.78 is 0. The van der Waals surface area contributed by atoms with E-state index in [2.05, 4.69) is 6.92 Å². The molecule has 0 radical (unpaired) electrons. The molecule has 4 aliphatic carbocycles. The summed E-state index contributed by atoms with van der Waals surface area (Å²) in [6, 6.07) is 0. The third kappa shape index (κ3) is 1.57. The number of fused-ring (bicyclic) bond motifs is 4. The van der Waals surface area contributed by atoms with Crippen molar-refractivity contribution in [2.24, 2.45) is 17.3 Å². The SMILES string of the molecule is CC12CCC3=C4CCC(=O)C=C4CCC3C1CCC2=O. The maximum atomic E-state index is 12.3. The van der Waals surface area contributed by atoms with Crippen LogP contribution in [0.15, 0.2) is 22.8 Å². The van der Waals surface area contributed by atoms with Crippen molar-refractivity contribution in [3.8, 4) is 0 Å². The van der Waals surface area contributed by atoms with Crippen LogP contribution in [-0.2, 0) is 9.59 Å². The average Bonchev–Trinajstić information content (AvgIpc) is 2.74. The zero-order valence-corrected chi connectivity index (χ0v) is 12.2. The third-order valence-electron chi connectivity index (χ3n) is 6.44. The van der Waals surface area contributed by atoms with Crippen LogP contribution in [0, 0.1) is 17.3 Å². The van der Waals surface area contributed by atoms with Crippen LogP contribution < -0.4 is 0 Å². The van der Waals surface area contributed by atoms with E-state index in [1.54, 1.807) is 5.57 Å². The van der Waals surface area contributed by atoms with E-state index >= 15 is 0 Å². The van der Waals surface area contributed by atoms with Crippen molar-refractivity contribution >= 4 is 11.6 Å². The summed E-state index contributed by atoms with van der Waals surface area (Å²) in [6.07, 6.45) is 9.76. The Bertz CT molecular complexity index is 566. The zero-order chi connectivity index (χ0) is 13.9. The number of allylic oxidation sites excluding steroid dienone is 4. The van der Waals surface area contributed by atoms with Crippen LogP contribution in [0.3, 0.4) is 0 Å². The quantitative estimate of drug-likeness (QED) is 0.671. The van der Waals surface area contributed by atoms with Gasteiger partial charge in [-0.05, 0) is 67.6 Å². The Morgan fingerprint density at radius 1 is 1.05 bits per heavy atom. The minimum absolute atomic E-state index is 0.0412. The Morgan fingerprint density at radius 3 is 2.75 bits per heavy atom. The smallest absolute Gasteiger partial charge is 0.156 e. The lowest BCUT2D eigenvalue weighted by molar-refractivity contribution is -0.128. The Labute approximate surface area is 120 Å². The fourth-order valence-corrected chi connectivity index (χ4v) is 5.30. The van der Waals surface area contributed by atoms with Gasteiger partial charge in [-0.15, -0.1) is 0 Å². The van der Waals surface area contributed by atoms with Crippen molar-refractivity contribution < 1.29 is 9.59 Å². The van der Waals surface area contributed by atoms with Gasteiger partial charge >= 0.3 is 0 Å². The third-order valence-corrected chi connectivity index (χ3v) is 6.44. The zero-order valence-electron chi connectivity index (χ0n) is 12.2. The molecule has 0 aromatic heterocycles. The molecular formula is C18H22O2. The fourth-order valence-electron chi connectivity index (χ4n) is 5.30. The fraction of sp³-hybridized carbons (Fsp3) is 0.667. The highest BCUT2D eigenvalue weighted by molar-refractivity contribution is 5.93. The van der Waals surface area contributed by atoms with E-state index < -0.39 is 0 Å². The minimum Gasteiger partial charge on any atom is -0.299 e. The number of carbonyl (C=O) groups excluding carboxylic acids is 2. The van der Waals surface area contributed by atoms with Gasteiger partial charge in [-0.25, -0.2) is 0 Å². The first-order valence-corrected chi connectivity index (χ1v) is 8.08. The first-order chi connectivity index (χ1) is 9.59. The second-order valence-electron chi connectivity index (χ2n) is 7.27. The van der Waals surface area contributed by atoms with Crippen LogP contribution in [0.2, 0.25) is 0 Å². The molecule has 0 heterocycles. The van der Waals surface area contributed by atoms with Gasteiger partial charge in [-0.1, -0.05) is 12.5 Å². The van der Waals surface area contributed by atoms with E-state index in [1.807, 2.05) is 6.08 Å². The summed E-state index contributed by atoms with van der Waals surface area (Å²) in [7, 11) is 0. The molecular weight excluding hydrogens is 248 g/mol. The largest absolute Gasteiger partial charge is 0.299 e. The molecule has 0 aromatic carbocycles. The Morgan fingerprint density at radius 2 is 1.90 bits per heavy atom. The molecule has 3 unspecified atom stereocenters. The highest BCUT2D eigenvalue weighted by atomic mass is 16.1. The summed E-state index contributed by atoms with van der Waals surface area (Å²) in [6.45, 7) is 2.21. The van der Waals surface area contributed by atoms with Gasteiger partial charge < -0.3 is 0 Å². The molecule has 106 valence electrons. The summed E-state index contributed by atoms with van der Waals surface area (Å²) >= 11 is 0. The number of ketones is 2. The van der Waals surface area contributed by atoms with Gasteiger partial charge in [0.15, 0.2) is 5.78 Å². The molecule has 2 nitrogen and oxygen atoms in total. The predicted octanol–water partition coefficient (Wildman–Crippen LogP) is 3.76.